The smallest absolute Gasteiger partial charge is 0.292 e. The number of amides is 1. The summed E-state index contributed by atoms with van der Waals surface area (Å²) in [4.78, 5) is 10.5. The van der Waals surface area contributed by atoms with E-state index in [4.69, 9.17) is 5.73 Å². The zero-order chi connectivity index (χ0) is 9.90. The van der Waals surface area contributed by atoms with E-state index in [0.717, 1.165) is 0 Å². The number of hydrogen-bond donors (Lipinski definition) is 1. The molecule has 6 heteroatoms. The maximum atomic E-state index is 11.3. The van der Waals surface area contributed by atoms with Gasteiger partial charge in [-0.1, -0.05) is 18.2 Å². The van der Waals surface area contributed by atoms with Crippen LogP contribution in [0.15, 0.2) is 35.2 Å². The lowest BCUT2D eigenvalue weighted by molar-refractivity contribution is 0.267. The summed E-state index contributed by atoms with van der Waals surface area (Å²) < 4.78 is 22.6. The van der Waals surface area contributed by atoms with Crippen molar-refractivity contribution in [2.75, 3.05) is 0 Å². The van der Waals surface area contributed by atoms with Gasteiger partial charge in [0.15, 0.2) is 0 Å². The molecule has 0 atom stereocenters. The first-order valence-electron chi connectivity index (χ1n) is 3.31. The number of nitrogens with two attached hydrogens (primary N) is 1. The fraction of sp³-hybridized carbons (Fsp3) is 0. The number of benzene rings is 1. The fourth-order valence-electron chi connectivity index (χ4n) is 0.743. The molecule has 0 bridgehead atoms. The Morgan fingerprint density at radius 2 is 1.77 bits per heavy atom. The van der Waals surface area contributed by atoms with Crippen LogP contribution in [0.1, 0.15) is 0 Å². The Labute approximate surface area is 79.4 Å². The Kier molecular flexibility index (Phi) is 2.94. The molecule has 0 saturated carbocycles. The van der Waals surface area contributed by atoms with Crippen LogP contribution in [0.3, 0.4) is 0 Å². The third-order valence-electron chi connectivity index (χ3n) is 1.22. The molecule has 0 spiro atoms. The lowest BCUT2D eigenvalue weighted by atomic mass is 10.4. The van der Waals surface area contributed by atoms with Gasteiger partial charge in [-0.3, -0.25) is 4.79 Å². The standard InChI is InChI=1S/C7H7NO3S2/c8-7(9)12-13(10,11)6-4-2-1-3-5-6/h1-5H,(H2,8,9). The first-order chi connectivity index (χ1) is 6.02. The average Bonchev–Trinajstić information content (AvgIpc) is 2.04. The Morgan fingerprint density at radius 3 is 2.23 bits per heavy atom. The summed E-state index contributed by atoms with van der Waals surface area (Å²) in [5.74, 6) is 0. The van der Waals surface area contributed by atoms with Crippen molar-refractivity contribution in [3.05, 3.63) is 30.3 Å². The van der Waals surface area contributed by atoms with Crippen LogP contribution in [0.4, 0.5) is 4.79 Å². The van der Waals surface area contributed by atoms with Crippen molar-refractivity contribution in [1.82, 2.24) is 0 Å². The summed E-state index contributed by atoms with van der Waals surface area (Å²) in [7, 11) is -3.50. The average molecular weight is 217 g/mol. The van der Waals surface area contributed by atoms with E-state index < -0.39 is 14.1 Å². The predicted octanol–water partition coefficient (Wildman–Crippen LogP) is 1.19. The third kappa shape index (κ3) is 2.74. The van der Waals surface area contributed by atoms with Gasteiger partial charge >= 0.3 is 0 Å². The maximum Gasteiger partial charge on any atom is 0.292 e. The molecule has 0 radical (unpaired) electrons. The highest BCUT2D eigenvalue weighted by molar-refractivity contribution is 8.77. The molecule has 0 aliphatic heterocycles. The number of primary amides is 1. The van der Waals surface area contributed by atoms with E-state index >= 15 is 0 Å². The van der Waals surface area contributed by atoms with Gasteiger partial charge in [-0.2, -0.15) is 0 Å². The molecule has 0 unspecified atom stereocenters. The van der Waals surface area contributed by atoms with Gasteiger partial charge in [0.05, 0.1) is 15.7 Å². The number of carbonyl (C=O) groups is 1. The molecule has 0 saturated heterocycles. The molecule has 2 N–H and O–H groups in total. The van der Waals surface area contributed by atoms with Crippen LogP contribution >= 0.6 is 10.8 Å². The third-order valence-corrected chi connectivity index (χ3v) is 4.19. The van der Waals surface area contributed by atoms with Gasteiger partial charge < -0.3 is 5.73 Å². The van der Waals surface area contributed by atoms with Gasteiger partial charge in [0.1, 0.15) is 0 Å². The number of rotatable bonds is 2. The van der Waals surface area contributed by atoms with Crippen molar-refractivity contribution < 1.29 is 13.2 Å². The molecule has 0 fully saturated rings. The Morgan fingerprint density at radius 1 is 1.23 bits per heavy atom. The largest absolute Gasteiger partial charge is 0.360 e. The predicted molar refractivity (Wildman–Crippen MR) is 50.8 cm³/mol. The highest BCUT2D eigenvalue weighted by atomic mass is 33.1. The van der Waals surface area contributed by atoms with Crippen molar-refractivity contribution in [3.8, 4) is 0 Å². The first-order valence-corrected chi connectivity index (χ1v) is 6.13. The first kappa shape index (κ1) is 10.1. The molecular weight excluding hydrogens is 210 g/mol. The minimum absolute atomic E-state index is 0.0822. The number of carbonyl (C=O) groups excluding carboxylic acids is 1. The van der Waals surface area contributed by atoms with Gasteiger partial charge in [0, 0.05) is 0 Å². The van der Waals surface area contributed by atoms with Crippen molar-refractivity contribution >= 4 is 24.9 Å². The minimum Gasteiger partial charge on any atom is -0.360 e. The lowest BCUT2D eigenvalue weighted by Gasteiger charge is -1.98. The van der Waals surface area contributed by atoms with Gasteiger partial charge in [0.2, 0.25) is 8.87 Å². The van der Waals surface area contributed by atoms with Crippen molar-refractivity contribution in [1.29, 1.82) is 0 Å². The van der Waals surface area contributed by atoms with Crippen LogP contribution in [0.25, 0.3) is 0 Å². The van der Waals surface area contributed by atoms with Crippen LogP contribution < -0.4 is 5.73 Å². The normalized spacial score (nSPS) is 11.1. The zero-order valence-electron chi connectivity index (χ0n) is 6.51. The van der Waals surface area contributed by atoms with Crippen LogP contribution in [0.5, 0.6) is 0 Å². The molecule has 0 aliphatic carbocycles. The molecule has 70 valence electrons. The topological polar surface area (TPSA) is 77.2 Å². The summed E-state index contributed by atoms with van der Waals surface area (Å²) in [6, 6.07) is 7.66. The van der Waals surface area contributed by atoms with Crippen LogP contribution in [-0.2, 0) is 8.87 Å². The highest BCUT2D eigenvalue weighted by Gasteiger charge is 2.17. The van der Waals surface area contributed by atoms with Crippen molar-refractivity contribution in [2.45, 2.75) is 4.90 Å². The van der Waals surface area contributed by atoms with Gasteiger partial charge in [-0.15, -0.1) is 0 Å². The van der Waals surface area contributed by atoms with Crippen molar-refractivity contribution in [3.63, 3.8) is 0 Å². The van der Waals surface area contributed by atoms with Gasteiger partial charge in [-0.25, -0.2) is 8.42 Å². The summed E-state index contributed by atoms with van der Waals surface area (Å²) in [6.07, 6.45) is 0. The Hall–Kier alpha value is -1.01. The van der Waals surface area contributed by atoms with Crippen LogP contribution in [0, 0.1) is 0 Å². The van der Waals surface area contributed by atoms with Gasteiger partial charge in [-0.05, 0) is 12.1 Å². The minimum atomic E-state index is -3.62. The fourth-order valence-corrected chi connectivity index (χ4v) is 2.82. The Bertz CT molecular complexity index is 399. The van der Waals surface area contributed by atoms with E-state index in [9.17, 15) is 13.2 Å². The molecule has 0 aliphatic rings. The molecule has 0 heterocycles. The monoisotopic (exact) mass is 217 g/mol. The summed E-state index contributed by atoms with van der Waals surface area (Å²) in [6.45, 7) is 0. The highest BCUT2D eigenvalue weighted by Crippen LogP contribution is 2.22. The van der Waals surface area contributed by atoms with E-state index in [1.165, 1.54) is 12.1 Å². The second-order valence-electron chi connectivity index (χ2n) is 2.17. The van der Waals surface area contributed by atoms with E-state index in [1.54, 1.807) is 18.2 Å². The van der Waals surface area contributed by atoms with E-state index in [2.05, 4.69) is 0 Å². The molecule has 1 aromatic carbocycles. The van der Waals surface area contributed by atoms with E-state index in [0.29, 0.717) is 0 Å². The Balaban J connectivity index is 3.02. The van der Waals surface area contributed by atoms with Crippen LogP contribution in [-0.4, -0.2) is 13.7 Å². The molecule has 13 heavy (non-hydrogen) atoms. The molecule has 0 aromatic heterocycles. The lowest BCUT2D eigenvalue weighted by Crippen LogP contribution is -2.07. The summed E-state index contributed by atoms with van der Waals surface area (Å²) >= 11 is 0. The number of hydrogen-bond acceptors (Lipinski definition) is 4. The summed E-state index contributed by atoms with van der Waals surface area (Å²) in [5, 5.41) is -0.927. The summed E-state index contributed by atoms with van der Waals surface area (Å²) in [5.41, 5.74) is 4.76. The SMILES string of the molecule is NC(=O)SS(=O)(=O)c1ccccc1. The second kappa shape index (κ2) is 3.80. The second-order valence-corrected chi connectivity index (χ2v) is 5.93. The zero-order valence-corrected chi connectivity index (χ0v) is 8.14. The van der Waals surface area contributed by atoms with E-state index in [1.807, 2.05) is 0 Å². The maximum absolute atomic E-state index is 11.3. The van der Waals surface area contributed by atoms with Gasteiger partial charge in [0.25, 0.3) is 5.24 Å². The molecule has 1 rings (SSSR count). The van der Waals surface area contributed by atoms with E-state index in [-0.39, 0.29) is 15.7 Å². The molecular formula is C7H7NO3S2. The molecule has 1 aromatic rings. The molecule has 1 amide bonds. The van der Waals surface area contributed by atoms with Crippen LogP contribution in [0.2, 0.25) is 0 Å². The molecule has 4 nitrogen and oxygen atoms in total. The quantitative estimate of drug-likeness (QED) is 0.755. The van der Waals surface area contributed by atoms with Crippen molar-refractivity contribution in [2.24, 2.45) is 5.73 Å².